The van der Waals surface area contributed by atoms with Crippen molar-refractivity contribution in [3.8, 4) is 0 Å². The van der Waals surface area contributed by atoms with E-state index in [2.05, 4.69) is 87.7 Å². The fourth-order valence-electron chi connectivity index (χ4n) is 3.14. The maximum Gasteiger partial charge on any atom is 0.0410 e. The molecule has 1 unspecified atom stereocenters. The van der Waals surface area contributed by atoms with Crippen molar-refractivity contribution >= 4 is 0 Å². The largest absolute Gasteiger partial charge is 0.312 e. The number of hydrogen-bond donors (Lipinski definition) is 1. The van der Waals surface area contributed by atoms with Crippen LogP contribution in [0.2, 0.25) is 0 Å². The van der Waals surface area contributed by atoms with Gasteiger partial charge in [0.05, 0.1) is 0 Å². The van der Waals surface area contributed by atoms with Gasteiger partial charge < -0.3 is 5.32 Å². The number of aryl methyl sites for hydroxylation is 1. The first-order valence-corrected chi connectivity index (χ1v) is 7.91. The van der Waals surface area contributed by atoms with Crippen molar-refractivity contribution in [1.29, 1.82) is 0 Å². The van der Waals surface area contributed by atoms with Crippen LogP contribution in [0.1, 0.15) is 49.9 Å². The number of nitrogens with one attached hydrogen (secondary N) is 1. The lowest BCUT2D eigenvalue weighted by atomic mass is 9.75. The van der Waals surface area contributed by atoms with Gasteiger partial charge in [0.1, 0.15) is 0 Å². The van der Waals surface area contributed by atoms with Crippen LogP contribution >= 0.6 is 0 Å². The highest BCUT2D eigenvalue weighted by atomic mass is 14.9. The Kier molecular flexibility index (Phi) is 5.19. The third-order valence-corrected chi connectivity index (χ3v) is 4.38. The van der Waals surface area contributed by atoms with Crippen LogP contribution < -0.4 is 5.32 Å². The SMILES string of the molecule is CCCc1ccc(C(NC)C(C)(C)c2ccccc2)cc1. The van der Waals surface area contributed by atoms with E-state index in [0.717, 1.165) is 6.42 Å². The summed E-state index contributed by atoms with van der Waals surface area (Å²) in [6, 6.07) is 20.1. The Morgan fingerprint density at radius 2 is 1.57 bits per heavy atom. The summed E-state index contributed by atoms with van der Waals surface area (Å²) >= 11 is 0. The van der Waals surface area contributed by atoms with E-state index in [-0.39, 0.29) is 5.41 Å². The summed E-state index contributed by atoms with van der Waals surface area (Å²) in [4.78, 5) is 0. The Morgan fingerprint density at radius 3 is 2.10 bits per heavy atom. The summed E-state index contributed by atoms with van der Waals surface area (Å²) in [5.41, 5.74) is 4.18. The van der Waals surface area contributed by atoms with Gasteiger partial charge in [-0.3, -0.25) is 0 Å². The average molecular weight is 281 g/mol. The van der Waals surface area contributed by atoms with Gasteiger partial charge in [0.15, 0.2) is 0 Å². The molecule has 0 fully saturated rings. The zero-order valence-corrected chi connectivity index (χ0v) is 13.7. The molecule has 1 heteroatoms. The molecule has 0 saturated heterocycles. The summed E-state index contributed by atoms with van der Waals surface area (Å²) in [6.07, 6.45) is 2.36. The maximum atomic E-state index is 3.51. The second-order valence-electron chi connectivity index (χ2n) is 6.30. The first kappa shape index (κ1) is 15.8. The minimum atomic E-state index is 0.0439. The monoisotopic (exact) mass is 281 g/mol. The minimum absolute atomic E-state index is 0.0439. The van der Waals surface area contributed by atoms with Gasteiger partial charge in [0.2, 0.25) is 0 Å². The topological polar surface area (TPSA) is 12.0 Å². The highest BCUT2D eigenvalue weighted by Gasteiger charge is 2.31. The van der Waals surface area contributed by atoms with E-state index in [1.54, 1.807) is 0 Å². The molecule has 2 aromatic rings. The quantitative estimate of drug-likeness (QED) is 0.796. The zero-order valence-electron chi connectivity index (χ0n) is 13.7. The highest BCUT2D eigenvalue weighted by Crippen LogP contribution is 2.36. The molecule has 1 nitrogen and oxygen atoms in total. The molecule has 0 aliphatic heterocycles. The Bertz CT molecular complexity index is 540. The first-order chi connectivity index (χ1) is 10.1. The molecular weight excluding hydrogens is 254 g/mol. The van der Waals surface area contributed by atoms with Crippen LogP contribution in [0.5, 0.6) is 0 Å². The van der Waals surface area contributed by atoms with E-state index >= 15 is 0 Å². The fraction of sp³-hybridized carbons (Fsp3) is 0.400. The third-order valence-electron chi connectivity index (χ3n) is 4.38. The molecule has 2 rings (SSSR count). The van der Waals surface area contributed by atoms with Gasteiger partial charge in [-0.25, -0.2) is 0 Å². The second-order valence-corrected chi connectivity index (χ2v) is 6.30. The number of benzene rings is 2. The van der Waals surface area contributed by atoms with Gasteiger partial charge >= 0.3 is 0 Å². The maximum absolute atomic E-state index is 3.51. The molecule has 0 aromatic heterocycles. The summed E-state index contributed by atoms with van der Waals surface area (Å²) in [6.45, 7) is 6.84. The molecule has 0 saturated carbocycles. The molecule has 0 bridgehead atoms. The van der Waals surface area contributed by atoms with E-state index in [0.29, 0.717) is 6.04 Å². The molecule has 1 N–H and O–H groups in total. The lowest BCUT2D eigenvalue weighted by Gasteiger charge is -2.35. The van der Waals surface area contributed by atoms with Crippen molar-refractivity contribution in [3.63, 3.8) is 0 Å². The van der Waals surface area contributed by atoms with Crippen LogP contribution in [0, 0.1) is 0 Å². The summed E-state index contributed by atoms with van der Waals surface area (Å²) < 4.78 is 0. The number of likely N-dealkylation sites (N-methyl/N-ethyl adjacent to an activating group) is 1. The minimum Gasteiger partial charge on any atom is -0.312 e. The van der Waals surface area contributed by atoms with Crippen molar-refractivity contribution in [1.82, 2.24) is 5.32 Å². The first-order valence-electron chi connectivity index (χ1n) is 7.91. The fourth-order valence-corrected chi connectivity index (χ4v) is 3.14. The summed E-state index contributed by atoms with van der Waals surface area (Å²) in [7, 11) is 2.05. The van der Waals surface area contributed by atoms with Crippen LogP contribution in [0.4, 0.5) is 0 Å². The van der Waals surface area contributed by atoms with E-state index < -0.39 is 0 Å². The average Bonchev–Trinajstić information content (AvgIpc) is 2.51. The van der Waals surface area contributed by atoms with Gasteiger partial charge in [-0.1, -0.05) is 81.8 Å². The molecular formula is C20H27N. The van der Waals surface area contributed by atoms with Crippen LogP contribution in [-0.2, 0) is 11.8 Å². The standard InChI is InChI=1S/C20H27N/c1-5-9-16-12-14-17(15-13-16)19(21-4)20(2,3)18-10-7-6-8-11-18/h6-8,10-15,19,21H,5,9H2,1-4H3. The van der Waals surface area contributed by atoms with Gasteiger partial charge in [-0.15, -0.1) is 0 Å². The Labute approximate surface area is 129 Å². The summed E-state index contributed by atoms with van der Waals surface area (Å²) in [5, 5.41) is 3.51. The van der Waals surface area contributed by atoms with E-state index in [9.17, 15) is 0 Å². The molecule has 0 radical (unpaired) electrons. The Balaban J connectivity index is 2.30. The van der Waals surface area contributed by atoms with Crippen LogP contribution in [0.15, 0.2) is 54.6 Å². The molecule has 21 heavy (non-hydrogen) atoms. The predicted molar refractivity (Wildman–Crippen MR) is 91.7 cm³/mol. The smallest absolute Gasteiger partial charge is 0.0410 e. The van der Waals surface area contributed by atoms with Gasteiger partial charge in [-0.05, 0) is 30.2 Å². The van der Waals surface area contributed by atoms with Gasteiger partial charge in [-0.2, -0.15) is 0 Å². The summed E-state index contributed by atoms with van der Waals surface area (Å²) in [5.74, 6) is 0. The van der Waals surface area contributed by atoms with Crippen LogP contribution in [0.25, 0.3) is 0 Å². The van der Waals surface area contributed by atoms with Crippen molar-refractivity contribution < 1.29 is 0 Å². The lowest BCUT2D eigenvalue weighted by Crippen LogP contribution is -2.35. The second kappa shape index (κ2) is 6.91. The highest BCUT2D eigenvalue weighted by molar-refractivity contribution is 5.33. The van der Waals surface area contributed by atoms with Gasteiger partial charge in [0.25, 0.3) is 0 Å². The normalized spacial score (nSPS) is 13.1. The molecule has 0 aliphatic rings. The molecule has 2 aromatic carbocycles. The van der Waals surface area contributed by atoms with Crippen molar-refractivity contribution in [2.24, 2.45) is 0 Å². The molecule has 0 spiro atoms. The molecule has 0 amide bonds. The molecule has 1 atom stereocenters. The molecule has 0 heterocycles. The molecule has 112 valence electrons. The third kappa shape index (κ3) is 3.54. The van der Waals surface area contributed by atoms with Crippen LogP contribution in [0.3, 0.4) is 0 Å². The number of rotatable bonds is 6. The van der Waals surface area contributed by atoms with Gasteiger partial charge in [0, 0.05) is 11.5 Å². The Morgan fingerprint density at radius 1 is 0.952 bits per heavy atom. The van der Waals surface area contributed by atoms with E-state index in [4.69, 9.17) is 0 Å². The zero-order chi connectivity index (χ0) is 15.3. The Hall–Kier alpha value is -1.60. The van der Waals surface area contributed by atoms with E-state index in [1.807, 2.05) is 0 Å². The van der Waals surface area contributed by atoms with Crippen molar-refractivity contribution in [2.75, 3.05) is 7.05 Å². The predicted octanol–water partition coefficient (Wildman–Crippen LogP) is 4.88. The number of hydrogen-bond acceptors (Lipinski definition) is 1. The lowest BCUT2D eigenvalue weighted by molar-refractivity contribution is 0.368. The van der Waals surface area contributed by atoms with Crippen molar-refractivity contribution in [3.05, 3.63) is 71.3 Å². The van der Waals surface area contributed by atoms with E-state index in [1.165, 1.54) is 23.1 Å². The van der Waals surface area contributed by atoms with Crippen LogP contribution in [-0.4, -0.2) is 7.05 Å². The molecule has 0 aliphatic carbocycles. The van der Waals surface area contributed by atoms with Crippen molar-refractivity contribution in [2.45, 2.75) is 45.1 Å².